The molecule has 1 fully saturated rings. The second-order valence-electron chi connectivity index (χ2n) is 3.95. The molecule has 3 nitrogen and oxygen atoms in total. The van der Waals surface area contributed by atoms with Gasteiger partial charge in [-0.15, -0.1) is 12.4 Å². The summed E-state index contributed by atoms with van der Waals surface area (Å²) < 4.78 is 35.3. The quantitative estimate of drug-likeness (QED) is 0.810. The minimum atomic E-state index is -4.34. The van der Waals surface area contributed by atoms with E-state index in [1.807, 2.05) is 5.32 Å². The van der Waals surface area contributed by atoms with Gasteiger partial charge in [0.2, 0.25) is 5.91 Å². The zero-order valence-electron chi connectivity index (χ0n) is 8.72. The zero-order chi connectivity index (χ0) is 11.5. The van der Waals surface area contributed by atoms with E-state index in [2.05, 4.69) is 0 Å². The number of hydrogen-bond acceptors (Lipinski definition) is 2. The van der Waals surface area contributed by atoms with Gasteiger partial charge in [0.25, 0.3) is 0 Å². The number of nitrogens with one attached hydrogen (secondary N) is 1. The average molecular weight is 261 g/mol. The van der Waals surface area contributed by atoms with Crippen LogP contribution in [0.5, 0.6) is 0 Å². The SMILES string of the molecule is Cl.N[C@@H]1CCC[C@H]1CC(=O)NCC(F)(F)F. The van der Waals surface area contributed by atoms with Gasteiger partial charge in [-0.3, -0.25) is 4.79 Å². The number of carbonyl (C=O) groups is 1. The van der Waals surface area contributed by atoms with Gasteiger partial charge >= 0.3 is 6.18 Å². The predicted octanol–water partition coefficient (Wildman–Crippen LogP) is 1.60. The molecule has 3 N–H and O–H groups in total. The molecule has 0 bridgehead atoms. The number of carbonyl (C=O) groups excluding carboxylic acids is 1. The van der Waals surface area contributed by atoms with Gasteiger partial charge < -0.3 is 11.1 Å². The zero-order valence-corrected chi connectivity index (χ0v) is 9.53. The Bertz CT molecular complexity index is 235. The summed E-state index contributed by atoms with van der Waals surface area (Å²) in [6.45, 7) is -1.26. The Hall–Kier alpha value is -0.490. The lowest BCUT2D eigenvalue weighted by Gasteiger charge is -2.15. The van der Waals surface area contributed by atoms with E-state index in [-0.39, 0.29) is 30.8 Å². The lowest BCUT2D eigenvalue weighted by atomic mass is 10.00. The van der Waals surface area contributed by atoms with Crippen molar-refractivity contribution in [3.8, 4) is 0 Å². The molecular formula is C9H16ClF3N2O. The molecular weight excluding hydrogens is 245 g/mol. The first-order chi connectivity index (χ1) is 6.88. The Morgan fingerprint density at radius 2 is 2.00 bits per heavy atom. The molecule has 0 aliphatic heterocycles. The van der Waals surface area contributed by atoms with Crippen LogP contribution in [0.15, 0.2) is 0 Å². The topological polar surface area (TPSA) is 55.1 Å². The smallest absolute Gasteiger partial charge is 0.347 e. The van der Waals surface area contributed by atoms with Gasteiger partial charge in [-0.1, -0.05) is 6.42 Å². The van der Waals surface area contributed by atoms with Gasteiger partial charge in [0.1, 0.15) is 6.54 Å². The fraction of sp³-hybridized carbons (Fsp3) is 0.889. The van der Waals surface area contributed by atoms with Gasteiger partial charge in [-0.05, 0) is 18.8 Å². The van der Waals surface area contributed by atoms with Crippen LogP contribution in [0.4, 0.5) is 13.2 Å². The molecule has 2 atom stereocenters. The number of hydrogen-bond donors (Lipinski definition) is 2. The molecule has 0 unspecified atom stereocenters. The fourth-order valence-corrected chi connectivity index (χ4v) is 1.83. The largest absolute Gasteiger partial charge is 0.405 e. The van der Waals surface area contributed by atoms with Crippen LogP contribution in [0.1, 0.15) is 25.7 Å². The Balaban J connectivity index is 0.00000225. The lowest BCUT2D eigenvalue weighted by Crippen LogP contribution is -2.36. The van der Waals surface area contributed by atoms with Gasteiger partial charge in [0.15, 0.2) is 0 Å². The molecule has 1 amide bonds. The molecule has 0 aromatic rings. The van der Waals surface area contributed by atoms with E-state index in [1.54, 1.807) is 0 Å². The fourth-order valence-electron chi connectivity index (χ4n) is 1.83. The summed E-state index contributed by atoms with van der Waals surface area (Å²) in [6, 6.07) is -0.0402. The van der Waals surface area contributed by atoms with Crippen molar-refractivity contribution in [1.29, 1.82) is 0 Å². The first-order valence-corrected chi connectivity index (χ1v) is 4.97. The molecule has 1 aliphatic carbocycles. The van der Waals surface area contributed by atoms with Crippen LogP contribution in [0, 0.1) is 5.92 Å². The molecule has 0 heterocycles. The van der Waals surface area contributed by atoms with Gasteiger partial charge in [-0.25, -0.2) is 0 Å². The Kier molecular flexibility index (Phi) is 6.10. The van der Waals surface area contributed by atoms with Gasteiger partial charge in [0, 0.05) is 12.5 Å². The first kappa shape index (κ1) is 15.5. The van der Waals surface area contributed by atoms with E-state index in [1.165, 1.54) is 0 Å². The first-order valence-electron chi connectivity index (χ1n) is 4.97. The highest BCUT2D eigenvalue weighted by atomic mass is 35.5. The van der Waals surface area contributed by atoms with E-state index in [4.69, 9.17) is 5.73 Å². The number of nitrogens with two attached hydrogens (primary N) is 1. The van der Waals surface area contributed by atoms with E-state index < -0.39 is 18.6 Å². The van der Waals surface area contributed by atoms with Crippen LogP contribution >= 0.6 is 12.4 Å². The molecule has 1 saturated carbocycles. The predicted molar refractivity (Wildman–Crippen MR) is 56.2 cm³/mol. The van der Waals surface area contributed by atoms with Crippen molar-refractivity contribution in [2.75, 3.05) is 6.54 Å². The van der Waals surface area contributed by atoms with Gasteiger partial charge in [0.05, 0.1) is 0 Å². The van der Waals surface area contributed by atoms with Crippen molar-refractivity contribution in [3.63, 3.8) is 0 Å². The monoisotopic (exact) mass is 260 g/mol. The Morgan fingerprint density at radius 1 is 1.38 bits per heavy atom. The third-order valence-electron chi connectivity index (χ3n) is 2.65. The number of halogens is 4. The van der Waals surface area contributed by atoms with Crippen LogP contribution in [0.25, 0.3) is 0 Å². The summed E-state index contributed by atoms with van der Waals surface area (Å²) in [7, 11) is 0. The van der Waals surface area contributed by atoms with Crippen LogP contribution in [0.3, 0.4) is 0 Å². The summed E-state index contributed by atoms with van der Waals surface area (Å²) in [5, 5.41) is 1.85. The van der Waals surface area contributed by atoms with Crippen molar-refractivity contribution in [1.82, 2.24) is 5.32 Å². The second-order valence-corrected chi connectivity index (χ2v) is 3.95. The molecule has 96 valence electrons. The highest BCUT2D eigenvalue weighted by Gasteiger charge is 2.30. The van der Waals surface area contributed by atoms with Crippen LogP contribution < -0.4 is 11.1 Å². The minimum absolute atomic E-state index is 0. The van der Waals surface area contributed by atoms with Crippen LogP contribution in [0.2, 0.25) is 0 Å². The van der Waals surface area contributed by atoms with E-state index in [0.717, 1.165) is 19.3 Å². The van der Waals surface area contributed by atoms with E-state index >= 15 is 0 Å². The van der Waals surface area contributed by atoms with E-state index in [9.17, 15) is 18.0 Å². The maximum atomic E-state index is 11.8. The number of amides is 1. The Labute approximate surface area is 98.4 Å². The minimum Gasteiger partial charge on any atom is -0.347 e. The summed E-state index contributed by atoms with van der Waals surface area (Å²) in [5.41, 5.74) is 5.71. The summed E-state index contributed by atoms with van der Waals surface area (Å²) in [6.07, 6.45) is -1.58. The Morgan fingerprint density at radius 3 is 2.44 bits per heavy atom. The highest BCUT2D eigenvalue weighted by Crippen LogP contribution is 2.26. The molecule has 0 spiro atoms. The summed E-state index contributed by atoms with van der Waals surface area (Å²) in [5.74, 6) is -0.520. The summed E-state index contributed by atoms with van der Waals surface area (Å²) >= 11 is 0. The van der Waals surface area contributed by atoms with Crippen molar-refractivity contribution < 1.29 is 18.0 Å². The average Bonchev–Trinajstić information content (AvgIpc) is 2.47. The normalized spacial score (nSPS) is 25.0. The summed E-state index contributed by atoms with van der Waals surface area (Å²) in [4.78, 5) is 11.1. The maximum absolute atomic E-state index is 11.8. The molecule has 1 aliphatic rings. The standard InChI is InChI=1S/C9H15F3N2O.ClH/c10-9(11,12)5-14-8(15)4-6-2-1-3-7(6)13;/h6-7H,1-5,13H2,(H,14,15);1H/t6-,7+;/m0./s1. The molecule has 0 aromatic carbocycles. The number of alkyl halides is 3. The molecule has 16 heavy (non-hydrogen) atoms. The van der Waals surface area contributed by atoms with Crippen molar-refractivity contribution >= 4 is 18.3 Å². The lowest BCUT2D eigenvalue weighted by molar-refractivity contribution is -0.139. The molecule has 1 rings (SSSR count). The van der Waals surface area contributed by atoms with Crippen molar-refractivity contribution in [3.05, 3.63) is 0 Å². The maximum Gasteiger partial charge on any atom is 0.405 e. The third kappa shape index (κ3) is 5.55. The molecule has 0 radical (unpaired) electrons. The molecule has 7 heteroatoms. The van der Waals surface area contributed by atoms with Crippen molar-refractivity contribution in [2.24, 2.45) is 11.7 Å². The van der Waals surface area contributed by atoms with Crippen molar-refractivity contribution in [2.45, 2.75) is 37.9 Å². The van der Waals surface area contributed by atoms with Crippen LogP contribution in [-0.4, -0.2) is 24.7 Å². The van der Waals surface area contributed by atoms with Crippen LogP contribution in [-0.2, 0) is 4.79 Å². The van der Waals surface area contributed by atoms with Gasteiger partial charge in [-0.2, -0.15) is 13.2 Å². The molecule has 0 aromatic heterocycles. The third-order valence-corrected chi connectivity index (χ3v) is 2.65. The van der Waals surface area contributed by atoms with E-state index in [0.29, 0.717) is 0 Å². The molecule has 0 saturated heterocycles. The second kappa shape index (κ2) is 6.30. The highest BCUT2D eigenvalue weighted by molar-refractivity contribution is 5.85. The number of rotatable bonds is 3.